The predicted octanol–water partition coefficient (Wildman–Crippen LogP) is 2.34. The summed E-state index contributed by atoms with van der Waals surface area (Å²) in [4.78, 5) is 23.8. The topological polar surface area (TPSA) is 135 Å². The summed E-state index contributed by atoms with van der Waals surface area (Å²) in [6, 6.07) is 9.01. The lowest BCUT2D eigenvalue weighted by Crippen LogP contribution is -2.62. The van der Waals surface area contributed by atoms with Gasteiger partial charge in [-0.1, -0.05) is 30.3 Å². The lowest BCUT2D eigenvalue weighted by atomic mass is 9.78. The van der Waals surface area contributed by atoms with Crippen LogP contribution in [0.5, 0.6) is 0 Å². The van der Waals surface area contributed by atoms with Crippen molar-refractivity contribution in [2.75, 3.05) is 19.4 Å². The van der Waals surface area contributed by atoms with E-state index < -0.39 is 63.4 Å². The van der Waals surface area contributed by atoms with Crippen LogP contribution < -0.4 is 5.32 Å². The van der Waals surface area contributed by atoms with E-state index in [1.807, 2.05) is 19.9 Å². The molecule has 1 aromatic carbocycles. The molecule has 6 unspecified atom stereocenters. The third-order valence-electron chi connectivity index (χ3n) is 5.61. The molecule has 0 bridgehead atoms. The highest BCUT2D eigenvalue weighted by molar-refractivity contribution is 14.1. The van der Waals surface area contributed by atoms with Gasteiger partial charge in [-0.3, -0.25) is 9.59 Å². The first-order valence-electron chi connectivity index (χ1n) is 10.9. The van der Waals surface area contributed by atoms with E-state index >= 15 is 0 Å². The molecule has 9 nitrogen and oxygen atoms in total. The molecule has 1 aliphatic heterocycles. The minimum Gasteiger partial charge on any atom is -0.480 e. The van der Waals surface area contributed by atoms with Gasteiger partial charge >= 0.3 is 5.97 Å². The van der Waals surface area contributed by atoms with E-state index in [2.05, 4.69) is 27.9 Å². The summed E-state index contributed by atoms with van der Waals surface area (Å²) in [7, 11) is 1.52. The molecule has 0 saturated carbocycles. The van der Waals surface area contributed by atoms with Crippen LogP contribution in [-0.2, 0) is 23.8 Å². The molecular formula is C23H34INO8S. The molecule has 34 heavy (non-hydrogen) atoms. The highest BCUT2D eigenvalue weighted by atomic mass is 127. The second kappa shape index (κ2) is 12.3. The summed E-state index contributed by atoms with van der Waals surface area (Å²) >= 11 is 3.33. The Morgan fingerprint density at radius 3 is 2.32 bits per heavy atom. The Hall–Kier alpha value is -0.960. The Labute approximate surface area is 218 Å². The average molecular weight is 611 g/mol. The summed E-state index contributed by atoms with van der Waals surface area (Å²) in [6.07, 6.45) is -4.21. The van der Waals surface area contributed by atoms with Gasteiger partial charge in [0.2, 0.25) is 5.91 Å². The van der Waals surface area contributed by atoms with Crippen LogP contribution >= 0.6 is 34.4 Å². The van der Waals surface area contributed by atoms with Crippen molar-refractivity contribution < 1.29 is 39.1 Å². The van der Waals surface area contributed by atoms with Crippen molar-refractivity contribution >= 4 is 46.2 Å². The maximum atomic E-state index is 12.8. The molecule has 0 radical (unpaired) electrons. The van der Waals surface area contributed by atoms with E-state index in [1.165, 1.54) is 18.9 Å². The number of carboxylic acid groups (broad SMARTS) is 1. The van der Waals surface area contributed by atoms with Gasteiger partial charge in [0.15, 0.2) is 6.29 Å². The summed E-state index contributed by atoms with van der Waals surface area (Å²) in [5.41, 5.74) is -0.153. The smallest absolute Gasteiger partial charge is 0.322 e. The Morgan fingerprint density at radius 1 is 1.18 bits per heavy atom. The van der Waals surface area contributed by atoms with Crippen LogP contribution in [-0.4, -0.2) is 80.4 Å². The van der Waals surface area contributed by atoms with E-state index in [0.717, 1.165) is 0 Å². The monoisotopic (exact) mass is 611 g/mol. The van der Waals surface area contributed by atoms with Crippen LogP contribution in [0, 0.1) is 5.92 Å². The Kier molecular flexibility index (Phi) is 10.6. The van der Waals surface area contributed by atoms with Crippen molar-refractivity contribution in [1.29, 1.82) is 0 Å². The molecule has 192 valence electrons. The molecule has 4 N–H and O–H groups in total. The van der Waals surface area contributed by atoms with E-state index in [4.69, 9.17) is 19.3 Å². The highest BCUT2D eigenvalue weighted by Gasteiger charge is 2.52. The Bertz CT molecular complexity index is 819. The van der Waals surface area contributed by atoms with Gasteiger partial charge in [0.1, 0.15) is 21.5 Å². The van der Waals surface area contributed by atoms with Crippen LogP contribution in [0.3, 0.4) is 0 Å². The number of benzene rings is 1. The SMILES string of the molecule is COC(C)(C)C1C(CSC(C(=O)NCC(=O)O)c2ccccc2)OC(OC(C)(C)I)C(O)C1O. The van der Waals surface area contributed by atoms with Crippen molar-refractivity contribution in [1.82, 2.24) is 5.32 Å². The van der Waals surface area contributed by atoms with Gasteiger partial charge in [-0.2, -0.15) is 0 Å². The largest absolute Gasteiger partial charge is 0.480 e. The van der Waals surface area contributed by atoms with Gasteiger partial charge in [-0.15, -0.1) is 11.8 Å². The number of carbonyl (C=O) groups excluding carboxylic acids is 1. The minimum absolute atomic E-state index is 0.253. The first kappa shape index (κ1) is 29.3. The van der Waals surface area contributed by atoms with Crippen molar-refractivity contribution in [3.63, 3.8) is 0 Å². The number of hydrogen-bond acceptors (Lipinski definition) is 8. The fourth-order valence-corrected chi connectivity index (χ4v) is 5.34. The highest BCUT2D eigenvalue weighted by Crippen LogP contribution is 2.41. The predicted molar refractivity (Wildman–Crippen MR) is 137 cm³/mol. The molecule has 6 atom stereocenters. The van der Waals surface area contributed by atoms with Crippen LogP contribution in [0.4, 0.5) is 0 Å². The van der Waals surface area contributed by atoms with Gasteiger partial charge < -0.3 is 34.8 Å². The number of carbonyl (C=O) groups is 2. The van der Waals surface area contributed by atoms with Gasteiger partial charge in [0.25, 0.3) is 0 Å². The maximum absolute atomic E-state index is 12.8. The van der Waals surface area contributed by atoms with E-state index in [9.17, 15) is 19.8 Å². The lowest BCUT2D eigenvalue weighted by Gasteiger charge is -2.49. The minimum atomic E-state index is -1.29. The number of aliphatic hydroxyl groups excluding tert-OH is 2. The Balaban J connectivity index is 2.30. The molecule has 11 heteroatoms. The number of alkyl halides is 1. The second-order valence-electron chi connectivity index (χ2n) is 9.07. The molecule has 1 amide bonds. The first-order chi connectivity index (χ1) is 15.8. The third-order valence-corrected chi connectivity index (χ3v) is 7.21. The molecular weight excluding hydrogens is 577 g/mol. The zero-order chi connectivity index (χ0) is 25.7. The van der Waals surface area contributed by atoms with Crippen LogP contribution in [0.2, 0.25) is 0 Å². The van der Waals surface area contributed by atoms with Crippen LogP contribution in [0.1, 0.15) is 38.5 Å². The van der Waals surface area contributed by atoms with E-state index in [-0.39, 0.29) is 5.75 Å². The summed E-state index contributed by atoms with van der Waals surface area (Å²) in [5, 5.41) is 32.4. The number of carboxylic acids is 1. The molecule has 0 aliphatic carbocycles. The number of hydrogen-bond donors (Lipinski definition) is 4. The number of nitrogens with one attached hydrogen (secondary N) is 1. The van der Waals surface area contributed by atoms with Crippen molar-refractivity contribution in [3.8, 4) is 0 Å². The normalized spacial score (nSPS) is 26.6. The zero-order valence-electron chi connectivity index (χ0n) is 19.9. The van der Waals surface area contributed by atoms with Gasteiger partial charge in [0.05, 0.1) is 17.8 Å². The number of amides is 1. The van der Waals surface area contributed by atoms with Gasteiger partial charge in [-0.05, 0) is 55.8 Å². The fourth-order valence-electron chi connectivity index (χ4n) is 3.84. The van der Waals surface area contributed by atoms with Crippen LogP contribution in [0.25, 0.3) is 0 Å². The standard InChI is InChI=1S/C23H34INO8S/c1-22(2,31-5)16-14(32-21(18(29)17(16)28)33-23(3,4)24)12-34-19(13-9-7-6-8-10-13)20(30)25-11-15(26)27/h6-10,14,16-19,21,28-29H,11-12H2,1-5H3,(H,25,30)(H,26,27). The maximum Gasteiger partial charge on any atom is 0.322 e. The summed E-state index contributed by atoms with van der Waals surface area (Å²) in [6.45, 7) is 6.72. The second-order valence-corrected chi connectivity index (χ2v) is 12.8. The molecule has 1 aliphatic rings. The third kappa shape index (κ3) is 8.04. The van der Waals surface area contributed by atoms with Gasteiger partial charge in [0, 0.05) is 18.8 Å². The van der Waals surface area contributed by atoms with Crippen molar-refractivity contribution in [2.24, 2.45) is 5.92 Å². The zero-order valence-corrected chi connectivity index (χ0v) is 22.9. The molecule has 1 aromatic rings. The first-order valence-corrected chi connectivity index (χ1v) is 13.0. The number of rotatable bonds is 11. The number of aliphatic carboxylic acids is 1. The van der Waals surface area contributed by atoms with Crippen molar-refractivity contribution in [3.05, 3.63) is 35.9 Å². The van der Waals surface area contributed by atoms with E-state index in [1.54, 1.807) is 38.1 Å². The number of methoxy groups -OCH3 is 1. The lowest BCUT2D eigenvalue weighted by molar-refractivity contribution is -0.309. The van der Waals surface area contributed by atoms with E-state index in [0.29, 0.717) is 5.56 Å². The summed E-state index contributed by atoms with van der Waals surface area (Å²) in [5.74, 6) is -1.96. The molecule has 1 fully saturated rings. The molecule has 1 saturated heterocycles. The van der Waals surface area contributed by atoms with Gasteiger partial charge in [-0.25, -0.2) is 0 Å². The molecule has 2 rings (SSSR count). The molecule has 1 heterocycles. The Morgan fingerprint density at radius 2 is 1.79 bits per heavy atom. The molecule has 0 spiro atoms. The fraction of sp³-hybridized carbons (Fsp3) is 0.652. The number of halogens is 1. The summed E-state index contributed by atoms with van der Waals surface area (Å²) < 4.78 is 17.0. The number of thioether (sulfide) groups is 1. The van der Waals surface area contributed by atoms with Crippen LogP contribution in [0.15, 0.2) is 30.3 Å². The average Bonchev–Trinajstić information content (AvgIpc) is 2.75. The van der Waals surface area contributed by atoms with Crippen molar-refractivity contribution in [2.45, 2.75) is 66.8 Å². The quantitative estimate of drug-likeness (QED) is 0.220. The number of aliphatic hydroxyl groups is 2. The molecule has 0 aromatic heterocycles. The number of ether oxygens (including phenoxy) is 3.